The molecule has 1 aliphatic heterocycles. The maximum atomic E-state index is 12.6. The number of piperidine rings is 1. The summed E-state index contributed by atoms with van der Waals surface area (Å²) in [7, 11) is 0. The molecule has 1 fully saturated rings. The number of likely N-dealkylation sites (tertiary alicyclic amines) is 1. The number of hydrogen-bond acceptors (Lipinski definition) is 7. The number of furan rings is 1. The van der Waals surface area contributed by atoms with E-state index in [0.717, 1.165) is 36.2 Å². The molecule has 1 aliphatic rings. The van der Waals surface area contributed by atoms with Crippen molar-refractivity contribution in [1.82, 2.24) is 19.6 Å². The zero-order valence-corrected chi connectivity index (χ0v) is 21.7. The molecule has 1 saturated heterocycles. The van der Waals surface area contributed by atoms with Crippen molar-refractivity contribution < 1.29 is 9.21 Å². The number of aryl methyl sites for hydroxylation is 1. The quantitative estimate of drug-likeness (QED) is 0.364. The predicted molar refractivity (Wildman–Crippen MR) is 141 cm³/mol. The Labute approximate surface area is 212 Å². The van der Waals surface area contributed by atoms with Gasteiger partial charge in [0.1, 0.15) is 11.6 Å². The monoisotopic (exact) mass is 495 g/mol. The van der Waals surface area contributed by atoms with Crippen molar-refractivity contribution in [2.45, 2.75) is 65.0 Å². The van der Waals surface area contributed by atoms with Gasteiger partial charge in [0.2, 0.25) is 11.0 Å². The molecule has 0 spiro atoms. The molecule has 7 nitrogen and oxygen atoms in total. The second kappa shape index (κ2) is 12.8. The van der Waals surface area contributed by atoms with Crippen molar-refractivity contribution in [2.24, 2.45) is 0 Å². The third-order valence-corrected chi connectivity index (χ3v) is 7.45. The van der Waals surface area contributed by atoms with Crippen LogP contribution in [0.5, 0.6) is 0 Å². The number of nitrogens with zero attached hydrogens (tertiary/aromatic N) is 4. The lowest BCUT2D eigenvalue weighted by atomic mass is 10.0. The van der Waals surface area contributed by atoms with Gasteiger partial charge in [-0.1, -0.05) is 36.2 Å². The van der Waals surface area contributed by atoms with Gasteiger partial charge in [-0.3, -0.25) is 4.79 Å². The molecule has 1 N–H and O–H groups in total. The van der Waals surface area contributed by atoms with Gasteiger partial charge in [0, 0.05) is 50.1 Å². The highest BCUT2D eigenvalue weighted by Crippen LogP contribution is 2.22. The van der Waals surface area contributed by atoms with E-state index in [2.05, 4.69) is 57.6 Å². The maximum Gasteiger partial charge on any atom is 0.221 e. The van der Waals surface area contributed by atoms with E-state index in [0.29, 0.717) is 32.0 Å². The molecule has 8 heteroatoms. The lowest BCUT2D eigenvalue weighted by Crippen LogP contribution is -2.39. The zero-order valence-electron chi connectivity index (χ0n) is 20.9. The van der Waals surface area contributed by atoms with E-state index in [1.165, 1.54) is 48.5 Å². The Hall–Kier alpha value is -2.71. The first-order valence-corrected chi connectivity index (χ1v) is 13.5. The van der Waals surface area contributed by atoms with Gasteiger partial charge in [-0.2, -0.15) is 4.37 Å². The van der Waals surface area contributed by atoms with Gasteiger partial charge in [-0.25, -0.2) is 4.98 Å². The molecule has 0 aliphatic carbocycles. The van der Waals surface area contributed by atoms with E-state index in [4.69, 9.17) is 9.40 Å². The summed E-state index contributed by atoms with van der Waals surface area (Å²) in [6.45, 7) is 8.48. The van der Waals surface area contributed by atoms with Gasteiger partial charge in [0.05, 0.1) is 12.8 Å². The highest BCUT2D eigenvalue weighted by Gasteiger charge is 2.18. The molecule has 3 heterocycles. The molecule has 0 radical (unpaired) electrons. The largest absolute Gasteiger partial charge is 0.467 e. The highest BCUT2D eigenvalue weighted by molar-refractivity contribution is 7.09. The molecule has 188 valence electrons. The first-order chi connectivity index (χ1) is 17.1. The summed E-state index contributed by atoms with van der Waals surface area (Å²) in [6, 6.07) is 12.9. The van der Waals surface area contributed by atoms with Gasteiger partial charge in [-0.15, -0.1) is 0 Å². The fourth-order valence-electron chi connectivity index (χ4n) is 4.49. The number of aromatic nitrogens is 2. The number of hydrogen-bond donors (Lipinski definition) is 1. The molecular formula is C27H37N5O2S. The normalized spacial score (nSPS) is 16.3. The number of carbonyl (C=O) groups excluding carboxylic acids is 1. The Morgan fingerprint density at radius 3 is 2.89 bits per heavy atom. The zero-order chi connectivity index (χ0) is 24.5. The lowest BCUT2D eigenvalue weighted by Gasteiger charge is -2.33. The lowest BCUT2D eigenvalue weighted by molar-refractivity contribution is -0.120. The average Bonchev–Trinajstić information content (AvgIpc) is 3.54. The maximum absolute atomic E-state index is 12.6. The van der Waals surface area contributed by atoms with Gasteiger partial charge in [0.15, 0.2) is 0 Å². The molecule has 2 aromatic heterocycles. The molecule has 1 amide bonds. The highest BCUT2D eigenvalue weighted by atomic mass is 32.1. The summed E-state index contributed by atoms with van der Waals surface area (Å²) < 4.78 is 10.1. The summed E-state index contributed by atoms with van der Waals surface area (Å²) in [5, 5.41) is 3.91. The Bertz CT molecular complexity index is 1030. The molecule has 3 aromatic rings. The van der Waals surface area contributed by atoms with Crippen molar-refractivity contribution in [3.8, 4) is 0 Å². The van der Waals surface area contributed by atoms with Crippen molar-refractivity contribution in [3.63, 3.8) is 0 Å². The fraction of sp³-hybridized carbons (Fsp3) is 0.519. The van der Waals surface area contributed by atoms with E-state index in [1.54, 1.807) is 6.26 Å². The Morgan fingerprint density at radius 2 is 2.11 bits per heavy atom. The van der Waals surface area contributed by atoms with Crippen LogP contribution < -0.4 is 10.2 Å². The third-order valence-electron chi connectivity index (χ3n) is 6.63. The summed E-state index contributed by atoms with van der Waals surface area (Å²) in [6.07, 6.45) is 7.69. The van der Waals surface area contributed by atoms with Crippen molar-refractivity contribution in [2.75, 3.05) is 31.1 Å². The van der Waals surface area contributed by atoms with Gasteiger partial charge >= 0.3 is 0 Å². The van der Waals surface area contributed by atoms with E-state index in [1.807, 2.05) is 12.1 Å². The first-order valence-electron chi connectivity index (χ1n) is 12.7. The number of amides is 1. The minimum Gasteiger partial charge on any atom is -0.467 e. The molecule has 1 unspecified atom stereocenters. The SMILES string of the molecule is Cc1ccc(Cc2nsc(N(CCC(=O)NCCCN3CCCCC3C)Cc3ccco3)n2)cc1. The van der Waals surface area contributed by atoms with Gasteiger partial charge in [-0.05, 0) is 57.4 Å². The predicted octanol–water partition coefficient (Wildman–Crippen LogP) is 4.81. The molecule has 4 rings (SSSR count). The van der Waals surface area contributed by atoms with E-state index < -0.39 is 0 Å². The molecule has 35 heavy (non-hydrogen) atoms. The first kappa shape index (κ1) is 25.4. The number of rotatable bonds is 12. The van der Waals surface area contributed by atoms with Crippen molar-refractivity contribution >= 4 is 22.6 Å². The van der Waals surface area contributed by atoms with Crippen LogP contribution in [0.15, 0.2) is 47.1 Å². The third kappa shape index (κ3) is 7.90. The molecule has 0 bridgehead atoms. The van der Waals surface area contributed by atoms with Crippen LogP contribution in [0, 0.1) is 6.92 Å². The second-order valence-electron chi connectivity index (χ2n) is 9.49. The van der Waals surface area contributed by atoms with Crippen LogP contribution in [0.2, 0.25) is 0 Å². The minimum absolute atomic E-state index is 0.0746. The van der Waals surface area contributed by atoms with Crippen LogP contribution in [0.4, 0.5) is 5.13 Å². The smallest absolute Gasteiger partial charge is 0.221 e. The van der Waals surface area contributed by atoms with Crippen LogP contribution in [-0.2, 0) is 17.8 Å². The standard InChI is InChI=1S/C27H37N5O2S/c1-21-9-11-23(12-10-21)19-25-29-27(35-30-25)32(20-24-8-5-18-34-24)17-13-26(33)28-14-6-16-31-15-4-3-7-22(31)2/h5,8-12,18,22H,3-4,6-7,13-17,19-20H2,1-2H3,(H,28,33). The number of benzene rings is 1. The van der Waals surface area contributed by atoms with Crippen molar-refractivity contribution in [1.29, 1.82) is 0 Å². The summed E-state index contributed by atoms with van der Waals surface area (Å²) in [5.41, 5.74) is 2.43. The van der Waals surface area contributed by atoms with Crippen LogP contribution in [0.25, 0.3) is 0 Å². The topological polar surface area (TPSA) is 74.5 Å². The van der Waals surface area contributed by atoms with Crippen LogP contribution in [0.3, 0.4) is 0 Å². The Balaban J connectivity index is 1.27. The Kier molecular flexibility index (Phi) is 9.31. The van der Waals surface area contributed by atoms with Crippen molar-refractivity contribution in [3.05, 3.63) is 65.4 Å². The minimum atomic E-state index is 0.0746. The summed E-state index contributed by atoms with van der Waals surface area (Å²) >= 11 is 1.38. The van der Waals surface area contributed by atoms with Gasteiger partial charge < -0.3 is 19.5 Å². The van der Waals surface area contributed by atoms with Crippen LogP contribution in [0.1, 0.15) is 61.7 Å². The second-order valence-corrected chi connectivity index (χ2v) is 10.2. The van der Waals surface area contributed by atoms with Gasteiger partial charge in [0.25, 0.3) is 0 Å². The fourth-order valence-corrected chi connectivity index (χ4v) is 5.20. The molecule has 1 atom stereocenters. The molecule has 1 aromatic carbocycles. The number of nitrogens with one attached hydrogen (secondary N) is 1. The van der Waals surface area contributed by atoms with Crippen LogP contribution in [-0.4, -0.2) is 52.4 Å². The number of carbonyl (C=O) groups is 1. The summed E-state index contributed by atoms with van der Waals surface area (Å²) in [5.74, 6) is 1.72. The van der Waals surface area contributed by atoms with E-state index in [-0.39, 0.29) is 5.91 Å². The number of anilines is 1. The van der Waals surface area contributed by atoms with Crippen LogP contribution >= 0.6 is 11.5 Å². The molecular weight excluding hydrogens is 458 g/mol. The summed E-state index contributed by atoms with van der Waals surface area (Å²) in [4.78, 5) is 22.0. The molecule has 0 saturated carbocycles. The van der Waals surface area contributed by atoms with E-state index >= 15 is 0 Å². The van der Waals surface area contributed by atoms with E-state index in [9.17, 15) is 4.79 Å². The average molecular weight is 496 g/mol. The Morgan fingerprint density at radius 1 is 1.26 bits per heavy atom.